The molecule has 178 valence electrons. The molecule has 1 aliphatic carbocycles. The summed E-state index contributed by atoms with van der Waals surface area (Å²) < 4.78 is 5.36. The van der Waals surface area contributed by atoms with Gasteiger partial charge in [0.15, 0.2) is 0 Å². The summed E-state index contributed by atoms with van der Waals surface area (Å²) >= 11 is 1.59. The van der Waals surface area contributed by atoms with Gasteiger partial charge in [-0.05, 0) is 42.5 Å². The molecular formula is C27H36N2O3S. The Morgan fingerprint density at radius 2 is 1.79 bits per heavy atom. The van der Waals surface area contributed by atoms with Crippen molar-refractivity contribution >= 4 is 23.6 Å². The molecule has 1 aliphatic rings. The van der Waals surface area contributed by atoms with Crippen molar-refractivity contribution in [1.29, 1.82) is 0 Å². The Bertz CT molecular complexity index is 884. The SMILES string of the molecule is CCC(C(=O)NC1CCCCC1)N(Cc1cccc(OC)c1)C(=O)CSCc1ccccc1. The van der Waals surface area contributed by atoms with E-state index in [-0.39, 0.29) is 17.9 Å². The van der Waals surface area contributed by atoms with Crippen LogP contribution in [0.15, 0.2) is 54.6 Å². The summed E-state index contributed by atoms with van der Waals surface area (Å²) in [6.45, 7) is 2.37. The summed E-state index contributed by atoms with van der Waals surface area (Å²) in [6.07, 6.45) is 6.19. The second-order valence-electron chi connectivity index (χ2n) is 8.62. The Hall–Kier alpha value is -2.47. The van der Waals surface area contributed by atoms with Gasteiger partial charge in [0, 0.05) is 18.3 Å². The van der Waals surface area contributed by atoms with Crippen LogP contribution in [-0.2, 0) is 21.9 Å². The fourth-order valence-electron chi connectivity index (χ4n) is 4.34. The Morgan fingerprint density at radius 3 is 2.48 bits per heavy atom. The Balaban J connectivity index is 1.71. The molecule has 0 spiro atoms. The highest BCUT2D eigenvalue weighted by Crippen LogP contribution is 2.21. The number of nitrogens with zero attached hydrogens (tertiary/aromatic N) is 1. The molecule has 33 heavy (non-hydrogen) atoms. The number of hydrogen-bond acceptors (Lipinski definition) is 4. The predicted octanol–water partition coefficient (Wildman–Crippen LogP) is 5.18. The molecule has 0 heterocycles. The first-order valence-electron chi connectivity index (χ1n) is 11.9. The maximum absolute atomic E-state index is 13.4. The van der Waals surface area contributed by atoms with Gasteiger partial charge < -0.3 is 15.0 Å². The summed E-state index contributed by atoms with van der Waals surface area (Å²) in [5.74, 6) is 1.81. The van der Waals surface area contributed by atoms with Crippen molar-refractivity contribution in [2.75, 3.05) is 12.9 Å². The van der Waals surface area contributed by atoms with Crippen LogP contribution in [0.5, 0.6) is 5.75 Å². The third-order valence-corrected chi connectivity index (χ3v) is 7.15. The van der Waals surface area contributed by atoms with E-state index in [1.54, 1.807) is 23.8 Å². The van der Waals surface area contributed by atoms with Crippen LogP contribution in [0.2, 0.25) is 0 Å². The average molecular weight is 469 g/mol. The van der Waals surface area contributed by atoms with Crippen LogP contribution in [0.3, 0.4) is 0 Å². The van der Waals surface area contributed by atoms with Gasteiger partial charge in [0.05, 0.1) is 12.9 Å². The number of amides is 2. The monoisotopic (exact) mass is 468 g/mol. The van der Waals surface area contributed by atoms with Gasteiger partial charge in [-0.25, -0.2) is 0 Å². The van der Waals surface area contributed by atoms with Crippen LogP contribution in [0.1, 0.15) is 56.6 Å². The number of methoxy groups -OCH3 is 1. The summed E-state index contributed by atoms with van der Waals surface area (Å²) in [5.41, 5.74) is 2.15. The number of carbonyl (C=O) groups excluding carboxylic acids is 2. The lowest BCUT2D eigenvalue weighted by molar-refractivity contribution is -0.139. The molecule has 1 atom stereocenters. The summed E-state index contributed by atoms with van der Waals surface area (Å²) in [4.78, 5) is 28.4. The molecule has 0 saturated heterocycles. The lowest BCUT2D eigenvalue weighted by atomic mass is 9.95. The standard InChI is InChI=1S/C27H36N2O3S/c1-3-25(27(31)28-23-14-8-5-9-15-23)29(18-22-13-10-16-24(17-22)32-2)26(30)20-33-19-21-11-6-4-7-12-21/h4,6-7,10-13,16-17,23,25H,3,5,8-9,14-15,18-20H2,1-2H3,(H,28,31). The minimum atomic E-state index is -0.483. The molecule has 1 N–H and O–H groups in total. The molecule has 2 aromatic rings. The third kappa shape index (κ3) is 7.81. The van der Waals surface area contributed by atoms with Crippen LogP contribution in [-0.4, -0.2) is 41.7 Å². The lowest BCUT2D eigenvalue weighted by Crippen LogP contribution is -2.52. The summed E-state index contributed by atoms with van der Waals surface area (Å²) in [7, 11) is 1.63. The molecule has 2 amide bonds. The van der Waals surface area contributed by atoms with E-state index in [0.29, 0.717) is 18.7 Å². The van der Waals surface area contributed by atoms with Crippen molar-refractivity contribution < 1.29 is 14.3 Å². The second-order valence-corrected chi connectivity index (χ2v) is 9.60. The molecule has 0 radical (unpaired) electrons. The molecule has 2 aromatic carbocycles. The molecule has 1 saturated carbocycles. The normalized spacial score (nSPS) is 15.0. The Morgan fingerprint density at radius 1 is 1.06 bits per heavy atom. The van der Waals surface area contributed by atoms with Gasteiger partial charge in [-0.3, -0.25) is 9.59 Å². The van der Waals surface area contributed by atoms with E-state index in [4.69, 9.17) is 4.74 Å². The second kappa shape index (κ2) is 13.3. The number of carbonyl (C=O) groups is 2. The lowest BCUT2D eigenvalue weighted by Gasteiger charge is -2.32. The van der Waals surface area contributed by atoms with E-state index in [9.17, 15) is 9.59 Å². The van der Waals surface area contributed by atoms with Gasteiger partial charge in [-0.1, -0.05) is 68.7 Å². The number of nitrogens with one attached hydrogen (secondary N) is 1. The maximum atomic E-state index is 13.4. The van der Waals surface area contributed by atoms with Crippen molar-refractivity contribution in [3.05, 3.63) is 65.7 Å². The van der Waals surface area contributed by atoms with Crippen molar-refractivity contribution in [1.82, 2.24) is 10.2 Å². The average Bonchev–Trinajstić information content (AvgIpc) is 2.85. The molecule has 0 bridgehead atoms. The van der Waals surface area contributed by atoms with Gasteiger partial charge in [-0.2, -0.15) is 0 Å². The first kappa shape index (κ1) is 25.2. The van der Waals surface area contributed by atoms with E-state index in [1.807, 2.05) is 49.4 Å². The van der Waals surface area contributed by atoms with Crippen LogP contribution in [0, 0.1) is 0 Å². The predicted molar refractivity (Wildman–Crippen MR) is 135 cm³/mol. The van der Waals surface area contributed by atoms with Gasteiger partial charge >= 0.3 is 0 Å². The van der Waals surface area contributed by atoms with Crippen molar-refractivity contribution in [2.45, 2.75) is 69.8 Å². The number of hydrogen-bond donors (Lipinski definition) is 1. The van der Waals surface area contributed by atoms with E-state index >= 15 is 0 Å². The zero-order chi connectivity index (χ0) is 23.5. The minimum absolute atomic E-state index is 0.00982. The Kier molecular flexibility index (Phi) is 10.1. The van der Waals surface area contributed by atoms with Gasteiger partial charge in [-0.15, -0.1) is 11.8 Å². The van der Waals surface area contributed by atoms with Gasteiger partial charge in [0.2, 0.25) is 11.8 Å². The van der Waals surface area contributed by atoms with E-state index in [2.05, 4.69) is 17.4 Å². The minimum Gasteiger partial charge on any atom is -0.497 e. The molecule has 6 heteroatoms. The molecule has 3 rings (SSSR count). The quantitative estimate of drug-likeness (QED) is 0.493. The molecule has 1 unspecified atom stereocenters. The highest BCUT2D eigenvalue weighted by atomic mass is 32.2. The van der Waals surface area contributed by atoms with Crippen molar-refractivity contribution in [3.63, 3.8) is 0 Å². The first-order valence-corrected chi connectivity index (χ1v) is 13.1. The van der Waals surface area contributed by atoms with E-state index < -0.39 is 6.04 Å². The molecule has 0 aromatic heterocycles. The number of benzene rings is 2. The highest BCUT2D eigenvalue weighted by molar-refractivity contribution is 7.99. The van der Waals surface area contributed by atoms with Crippen molar-refractivity contribution in [2.24, 2.45) is 0 Å². The smallest absolute Gasteiger partial charge is 0.243 e. The van der Waals surface area contributed by atoms with Crippen LogP contribution in [0.4, 0.5) is 0 Å². The number of ether oxygens (including phenoxy) is 1. The highest BCUT2D eigenvalue weighted by Gasteiger charge is 2.30. The molecule has 5 nitrogen and oxygen atoms in total. The van der Waals surface area contributed by atoms with Gasteiger partial charge in [0.1, 0.15) is 11.8 Å². The fraction of sp³-hybridized carbons (Fsp3) is 0.481. The Labute approximate surface area is 202 Å². The van der Waals surface area contributed by atoms with Gasteiger partial charge in [0.25, 0.3) is 0 Å². The summed E-state index contributed by atoms with van der Waals surface area (Å²) in [5, 5.41) is 3.23. The van der Waals surface area contributed by atoms with Crippen LogP contribution in [0.25, 0.3) is 0 Å². The topological polar surface area (TPSA) is 58.6 Å². The largest absolute Gasteiger partial charge is 0.497 e. The first-order chi connectivity index (χ1) is 16.1. The molecule has 1 fully saturated rings. The molecular weight excluding hydrogens is 432 g/mol. The van der Waals surface area contributed by atoms with Crippen LogP contribution >= 0.6 is 11.8 Å². The molecule has 0 aliphatic heterocycles. The van der Waals surface area contributed by atoms with E-state index in [0.717, 1.165) is 42.7 Å². The zero-order valence-electron chi connectivity index (χ0n) is 19.8. The number of rotatable bonds is 11. The maximum Gasteiger partial charge on any atom is 0.243 e. The third-order valence-electron chi connectivity index (χ3n) is 6.16. The van der Waals surface area contributed by atoms with Crippen molar-refractivity contribution in [3.8, 4) is 5.75 Å². The summed E-state index contributed by atoms with van der Waals surface area (Å²) in [6, 6.07) is 17.6. The number of thioether (sulfide) groups is 1. The zero-order valence-corrected chi connectivity index (χ0v) is 20.6. The fourth-order valence-corrected chi connectivity index (χ4v) is 5.22. The van der Waals surface area contributed by atoms with Crippen LogP contribution < -0.4 is 10.1 Å². The van der Waals surface area contributed by atoms with E-state index in [1.165, 1.54) is 12.0 Å².